The van der Waals surface area contributed by atoms with Crippen LogP contribution in [-0.4, -0.2) is 63.5 Å². The summed E-state index contributed by atoms with van der Waals surface area (Å²) < 4.78 is 109. The average molecular weight is 1220 g/mol. The first kappa shape index (κ1) is 73.5. The molecule has 0 aliphatic carbocycles. The zero-order valence-electron chi connectivity index (χ0n) is 54.1. The van der Waals surface area contributed by atoms with E-state index in [0.717, 1.165) is 116 Å². The van der Waals surface area contributed by atoms with E-state index in [1.54, 1.807) is 16.9 Å². The van der Waals surface area contributed by atoms with Crippen molar-refractivity contribution in [3.63, 3.8) is 0 Å². The van der Waals surface area contributed by atoms with Gasteiger partial charge in [-0.05, 0) is 81.0 Å². The van der Waals surface area contributed by atoms with Gasteiger partial charge in [0.05, 0.1) is 51.0 Å². The first-order valence-electron chi connectivity index (χ1n) is 34.1. The molecule has 0 radical (unpaired) electrons. The summed E-state index contributed by atoms with van der Waals surface area (Å²) in [5.41, 5.74) is -3.43. The Morgan fingerprint density at radius 1 is 0.360 bits per heavy atom. The maximum absolute atomic E-state index is 13.8. The molecular formula is C71H112F3N3O8S. The third-order valence-corrected chi connectivity index (χ3v) is 16.7. The molecule has 4 rings (SSSR count). The predicted molar refractivity (Wildman–Crippen MR) is 350 cm³/mol. The van der Waals surface area contributed by atoms with Gasteiger partial charge in [-0.15, -0.1) is 0 Å². The van der Waals surface area contributed by atoms with E-state index in [1.807, 2.05) is 24.3 Å². The normalized spacial score (nSPS) is 11.7. The Balaban J connectivity index is 1.99. The van der Waals surface area contributed by atoms with Crippen LogP contribution in [0, 0.1) is 0 Å². The van der Waals surface area contributed by atoms with Gasteiger partial charge in [-0.1, -0.05) is 246 Å². The Morgan fingerprint density at radius 2 is 0.651 bits per heavy atom. The van der Waals surface area contributed by atoms with Gasteiger partial charge in [0.15, 0.2) is 28.8 Å². The lowest BCUT2D eigenvalue weighted by atomic mass is 10.0. The van der Waals surface area contributed by atoms with Crippen molar-refractivity contribution in [2.45, 2.75) is 278 Å². The molecule has 0 amide bonds. The Kier molecular flexibility index (Phi) is 38.1. The minimum absolute atomic E-state index is 0.271. The van der Waals surface area contributed by atoms with Crippen LogP contribution in [0.3, 0.4) is 0 Å². The highest BCUT2D eigenvalue weighted by molar-refractivity contribution is 7.93. The fraction of sp³-hybridized carbons (Fsp3) is 0.690. The van der Waals surface area contributed by atoms with Crippen LogP contribution in [0.15, 0.2) is 54.6 Å². The molecule has 0 saturated carbocycles. The second-order valence-electron chi connectivity index (χ2n) is 23.4. The lowest BCUT2D eigenvalue weighted by molar-refractivity contribution is -0.0429. The van der Waals surface area contributed by atoms with Gasteiger partial charge in [0.25, 0.3) is 0 Å². The smallest absolute Gasteiger partial charge is 0.490 e. The van der Waals surface area contributed by atoms with E-state index >= 15 is 0 Å². The standard InChI is InChI=1S/C71H112F3N3O8S/c1-7-13-19-25-31-37-46-80-64-53-59(54-65(81-47-38-32-26-20-14-8-2)68(64)84-50-41-35-29-23-17-11-5)63-57-62(58-44-43-45-61(52-58)77-86(78,79)71(72,73)74)75-70(76-63)60-55-66(82-48-39-33-27-21-15-9-3)69(85-51-42-36-30-24-18-12-6)67(56-60)83-49-40-34-28-22-16-10-4/h43-45,52-57,77H,7-42,46-51H2,1-6H3. The number of aromatic nitrogens is 2. The van der Waals surface area contributed by atoms with Crippen molar-refractivity contribution in [2.75, 3.05) is 44.4 Å². The number of rotatable bonds is 53. The molecule has 0 spiro atoms. The van der Waals surface area contributed by atoms with Crippen LogP contribution < -0.4 is 33.1 Å². The fourth-order valence-electron chi connectivity index (χ4n) is 10.3. The molecule has 1 heterocycles. The first-order chi connectivity index (χ1) is 41.9. The summed E-state index contributed by atoms with van der Waals surface area (Å²) >= 11 is 0. The second-order valence-corrected chi connectivity index (χ2v) is 25.1. The number of hydrogen-bond donors (Lipinski definition) is 1. The molecule has 0 aliphatic heterocycles. The maximum Gasteiger partial charge on any atom is 0.516 e. The van der Waals surface area contributed by atoms with E-state index in [9.17, 15) is 21.6 Å². The van der Waals surface area contributed by atoms with Gasteiger partial charge in [0, 0.05) is 22.4 Å². The van der Waals surface area contributed by atoms with Gasteiger partial charge in [0.1, 0.15) is 0 Å². The fourth-order valence-corrected chi connectivity index (χ4v) is 10.9. The van der Waals surface area contributed by atoms with Crippen molar-refractivity contribution < 1.29 is 50.0 Å². The van der Waals surface area contributed by atoms with Gasteiger partial charge < -0.3 is 28.4 Å². The van der Waals surface area contributed by atoms with Crippen LogP contribution in [0.1, 0.15) is 273 Å². The van der Waals surface area contributed by atoms with Crippen molar-refractivity contribution in [3.8, 4) is 68.4 Å². The zero-order chi connectivity index (χ0) is 61.9. The topological polar surface area (TPSA) is 127 Å². The average Bonchev–Trinajstić information content (AvgIpc) is 3.60. The van der Waals surface area contributed by atoms with Crippen LogP contribution in [-0.2, 0) is 10.0 Å². The van der Waals surface area contributed by atoms with Crippen molar-refractivity contribution in [1.82, 2.24) is 9.97 Å². The first-order valence-corrected chi connectivity index (χ1v) is 35.6. The Morgan fingerprint density at radius 3 is 0.977 bits per heavy atom. The van der Waals surface area contributed by atoms with Gasteiger partial charge >= 0.3 is 15.5 Å². The number of sulfonamides is 1. The SMILES string of the molecule is CCCCCCCCOc1cc(-c2cc(-c3cccc(NS(=O)(=O)C(F)(F)F)c3)nc(-c3cc(OCCCCCCCC)c(OCCCCCCCC)c(OCCCCCCCC)c3)n2)cc(OCCCCCCCC)c1OCCCCCCCC. The van der Waals surface area contributed by atoms with E-state index in [0.29, 0.717) is 102 Å². The van der Waals surface area contributed by atoms with E-state index < -0.39 is 15.5 Å². The Labute approximate surface area is 518 Å². The van der Waals surface area contributed by atoms with Crippen molar-refractivity contribution >= 4 is 15.7 Å². The molecule has 15 heteroatoms. The van der Waals surface area contributed by atoms with Crippen LogP contribution in [0.2, 0.25) is 0 Å². The number of unbranched alkanes of at least 4 members (excludes halogenated alkanes) is 30. The van der Waals surface area contributed by atoms with E-state index in [1.165, 1.54) is 134 Å². The number of nitrogens with zero attached hydrogens (tertiary/aromatic N) is 2. The molecule has 1 aromatic heterocycles. The van der Waals surface area contributed by atoms with Gasteiger partial charge in [-0.3, -0.25) is 4.72 Å². The molecule has 86 heavy (non-hydrogen) atoms. The molecule has 11 nitrogen and oxygen atoms in total. The van der Waals surface area contributed by atoms with Crippen molar-refractivity contribution in [1.29, 1.82) is 0 Å². The van der Waals surface area contributed by atoms with E-state index in [4.69, 9.17) is 38.4 Å². The molecule has 3 aromatic carbocycles. The Hall–Kier alpha value is -4.92. The third kappa shape index (κ3) is 28.9. The minimum Gasteiger partial charge on any atom is -0.490 e. The molecule has 0 fully saturated rings. The molecule has 0 unspecified atom stereocenters. The molecule has 486 valence electrons. The molecular weight excluding hydrogens is 1110 g/mol. The summed E-state index contributed by atoms with van der Waals surface area (Å²) in [6.07, 6.45) is 39.5. The van der Waals surface area contributed by atoms with Gasteiger partial charge in [-0.2, -0.15) is 21.6 Å². The van der Waals surface area contributed by atoms with Crippen LogP contribution in [0.4, 0.5) is 18.9 Å². The predicted octanol–water partition coefficient (Wildman–Crippen LogP) is 22.2. The van der Waals surface area contributed by atoms with Crippen LogP contribution in [0.5, 0.6) is 34.5 Å². The van der Waals surface area contributed by atoms with Crippen molar-refractivity contribution in [2.24, 2.45) is 0 Å². The summed E-state index contributed by atoms with van der Waals surface area (Å²) in [6.45, 7) is 16.2. The molecule has 1 N–H and O–H groups in total. The van der Waals surface area contributed by atoms with E-state index in [-0.39, 0.29) is 11.5 Å². The number of ether oxygens (including phenoxy) is 6. The summed E-state index contributed by atoms with van der Waals surface area (Å²) in [5, 5.41) is 0. The molecule has 0 atom stereocenters. The molecule has 4 aromatic rings. The largest absolute Gasteiger partial charge is 0.516 e. The number of benzene rings is 3. The second kappa shape index (κ2) is 44.5. The van der Waals surface area contributed by atoms with Crippen LogP contribution in [0.25, 0.3) is 33.9 Å². The summed E-state index contributed by atoms with van der Waals surface area (Å²) in [5.74, 6) is 3.47. The Bertz CT molecular complexity index is 2330. The number of alkyl halides is 3. The lowest BCUT2D eigenvalue weighted by Crippen LogP contribution is -2.29. The van der Waals surface area contributed by atoms with Crippen LogP contribution >= 0.6 is 0 Å². The number of hydrogen-bond acceptors (Lipinski definition) is 10. The molecule has 0 saturated heterocycles. The number of halogens is 3. The highest BCUT2D eigenvalue weighted by Gasteiger charge is 2.46. The lowest BCUT2D eigenvalue weighted by Gasteiger charge is -2.20. The molecule has 0 bridgehead atoms. The highest BCUT2D eigenvalue weighted by Crippen LogP contribution is 2.45. The van der Waals surface area contributed by atoms with Gasteiger partial charge in [0.2, 0.25) is 11.5 Å². The van der Waals surface area contributed by atoms with E-state index in [2.05, 4.69) is 41.5 Å². The highest BCUT2D eigenvalue weighted by atomic mass is 32.2. The zero-order valence-corrected chi connectivity index (χ0v) is 54.9. The third-order valence-electron chi connectivity index (χ3n) is 15.5. The van der Waals surface area contributed by atoms with Gasteiger partial charge in [-0.25, -0.2) is 9.97 Å². The molecule has 0 aliphatic rings. The number of anilines is 1. The quantitative estimate of drug-likeness (QED) is 0.0427. The summed E-state index contributed by atoms with van der Waals surface area (Å²) in [7, 11) is -5.73. The minimum atomic E-state index is -5.73. The monoisotopic (exact) mass is 1220 g/mol. The van der Waals surface area contributed by atoms with Crippen molar-refractivity contribution in [3.05, 3.63) is 54.6 Å². The summed E-state index contributed by atoms with van der Waals surface area (Å²) in [6, 6.07) is 15.3. The number of nitrogens with one attached hydrogen (secondary N) is 1. The summed E-state index contributed by atoms with van der Waals surface area (Å²) in [4.78, 5) is 10.5. The maximum atomic E-state index is 13.8.